The molecule has 1 fully saturated rings. The highest BCUT2D eigenvalue weighted by Gasteiger charge is 2.40. The van der Waals surface area contributed by atoms with Crippen LogP contribution in [-0.4, -0.2) is 36.4 Å². The number of carbonyl (C=O) groups is 2. The number of anilines is 2. The maximum absolute atomic E-state index is 13.1. The normalized spacial score (nSPS) is 17.4. The highest BCUT2D eigenvalue weighted by Crippen LogP contribution is 2.32. The van der Waals surface area contributed by atoms with Crippen LogP contribution in [0.4, 0.5) is 15.8 Å². The van der Waals surface area contributed by atoms with Gasteiger partial charge in [0.15, 0.2) is 5.17 Å². The predicted octanol–water partition coefficient (Wildman–Crippen LogP) is 3.30. The minimum atomic E-state index is -0.608. The predicted molar refractivity (Wildman–Crippen MR) is 105 cm³/mol. The fourth-order valence-electron chi connectivity index (χ4n) is 2.69. The maximum atomic E-state index is 13.1. The van der Waals surface area contributed by atoms with Crippen LogP contribution in [0, 0.1) is 5.82 Å². The summed E-state index contributed by atoms with van der Waals surface area (Å²) in [4.78, 5) is 30.3. The molecule has 140 valence electrons. The van der Waals surface area contributed by atoms with Gasteiger partial charge in [0.1, 0.15) is 16.8 Å². The summed E-state index contributed by atoms with van der Waals surface area (Å²) in [7, 11) is 3.17. The summed E-state index contributed by atoms with van der Waals surface area (Å²) in [5.74, 6) is -0.456. The Morgan fingerprint density at radius 2 is 1.93 bits per heavy atom. The molecule has 0 aromatic heterocycles. The molecule has 1 N–H and O–H groups in total. The smallest absolute Gasteiger partial charge is 0.247 e. The zero-order chi connectivity index (χ0) is 19.4. The van der Waals surface area contributed by atoms with Crippen LogP contribution in [0.25, 0.3) is 0 Å². The SMILES string of the molecule is CN=C(Nc1ccccc1OC)S[C@H]1CC(=O)N(c2ccc(F)cc2)C1=O. The molecule has 27 heavy (non-hydrogen) atoms. The van der Waals surface area contributed by atoms with E-state index in [1.54, 1.807) is 20.2 Å². The Morgan fingerprint density at radius 3 is 2.59 bits per heavy atom. The molecule has 1 aliphatic rings. The first-order valence-electron chi connectivity index (χ1n) is 8.19. The van der Waals surface area contributed by atoms with Crippen LogP contribution in [0.1, 0.15) is 6.42 Å². The number of amides is 2. The summed E-state index contributed by atoms with van der Waals surface area (Å²) in [5, 5.41) is 3.01. The number of methoxy groups -OCH3 is 1. The zero-order valence-corrected chi connectivity index (χ0v) is 15.6. The lowest BCUT2D eigenvalue weighted by Gasteiger charge is -2.16. The Hall–Kier alpha value is -2.87. The molecule has 2 aromatic carbocycles. The average Bonchev–Trinajstić information content (AvgIpc) is 2.95. The van der Waals surface area contributed by atoms with Gasteiger partial charge in [-0.1, -0.05) is 23.9 Å². The van der Waals surface area contributed by atoms with Crippen molar-refractivity contribution in [2.45, 2.75) is 11.7 Å². The second-order valence-corrected chi connectivity index (χ2v) is 6.90. The van der Waals surface area contributed by atoms with Crippen LogP contribution in [0.3, 0.4) is 0 Å². The van der Waals surface area contributed by atoms with Gasteiger partial charge in [-0.05, 0) is 36.4 Å². The van der Waals surface area contributed by atoms with E-state index in [1.807, 2.05) is 18.2 Å². The molecule has 2 aromatic rings. The number of para-hydroxylation sites is 2. The molecule has 0 spiro atoms. The van der Waals surface area contributed by atoms with E-state index in [9.17, 15) is 14.0 Å². The summed E-state index contributed by atoms with van der Waals surface area (Å²) in [5.41, 5.74) is 1.07. The number of rotatable bonds is 4. The van der Waals surface area contributed by atoms with Crippen molar-refractivity contribution in [2.24, 2.45) is 4.99 Å². The number of imide groups is 1. The highest BCUT2D eigenvalue weighted by atomic mass is 32.2. The van der Waals surface area contributed by atoms with E-state index >= 15 is 0 Å². The molecule has 0 bridgehead atoms. The van der Waals surface area contributed by atoms with Gasteiger partial charge in [-0.3, -0.25) is 14.6 Å². The largest absolute Gasteiger partial charge is 0.495 e. The van der Waals surface area contributed by atoms with Gasteiger partial charge in [0, 0.05) is 13.5 Å². The minimum absolute atomic E-state index is 0.0491. The topological polar surface area (TPSA) is 71.0 Å². The second kappa shape index (κ2) is 8.22. The fourth-order valence-corrected chi connectivity index (χ4v) is 3.67. The van der Waals surface area contributed by atoms with E-state index in [4.69, 9.17) is 4.74 Å². The third-order valence-corrected chi connectivity index (χ3v) is 5.16. The van der Waals surface area contributed by atoms with Crippen LogP contribution < -0.4 is 15.0 Å². The van der Waals surface area contributed by atoms with Gasteiger partial charge >= 0.3 is 0 Å². The molecule has 8 heteroatoms. The van der Waals surface area contributed by atoms with E-state index < -0.39 is 11.1 Å². The Labute approximate surface area is 160 Å². The van der Waals surface area contributed by atoms with E-state index in [-0.39, 0.29) is 18.2 Å². The lowest BCUT2D eigenvalue weighted by atomic mass is 10.3. The van der Waals surface area contributed by atoms with Crippen LogP contribution >= 0.6 is 11.8 Å². The molecule has 6 nitrogen and oxygen atoms in total. The van der Waals surface area contributed by atoms with E-state index in [0.29, 0.717) is 22.3 Å². The molecule has 3 rings (SSSR count). The van der Waals surface area contributed by atoms with Crippen molar-refractivity contribution in [1.82, 2.24) is 0 Å². The summed E-state index contributed by atoms with van der Waals surface area (Å²) >= 11 is 1.18. The third-order valence-electron chi connectivity index (χ3n) is 4.00. The summed E-state index contributed by atoms with van der Waals surface area (Å²) in [6.45, 7) is 0. The van der Waals surface area contributed by atoms with Gasteiger partial charge in [0.25, 0.3) is 0 Å². The van der Waals surface area contributed by atoms with E-state index in [1.165, 1.54) is 36.0 Å². The van der Waals surface area contributed by atoms with Gasteiger partial charge in [-0.25, -0.2) is 9.29 Å². The van der Waals surface area contributed by atoms with Crippen molar-refractivity contribution in [3.63, 3.8) is 0 Å². The van der Waals surface area contributed by atoms with Crippen molar-refractivity contribution >= 4 is 40.1 Å². The molecular formula is C19H18FN3O3S. The third kappa shape index (κ3) is 4.11. The van der Waals surface area contributed by atoms with Crippen molar-refractivity contribution in [2.75, 3.05) is 24.4 Å². The van der Waals surface area contributed by atoms with Crippen LogP contribution in [0.2, 0.25) is 0 Å². The number of benzene rings is 2. The molecule has 0 saturated carbocycles. The molecule has 1 saturated heterocycles. The van der Waals surface area contributed by atoms with Gasteiger partial charge in [0.2, 0.25) is 11.8 Å². The quantitative estimate of drug-likeness (QED) is 0.495. The molecular weight excluding hydrogens is 369 g/mol. The number of amidine groups is 1. The molecule has 0 unspecified atom stereocenters. The number of hydrogen-bond donors (Lipinski definition) is 1. The molecule has 1 aliphatic heterocycles. The van der Waals surface area contributed by atoms with E-state index in [2.05, 4.69) is 10.3 Å². The number of aliphatic imine (C=N–C) groups is 1. The first kappa shape index (κ1) is 18.9. The van der Waals surface area contributed by atoms with Crippen LogP contribution in [-0.2, 0) is 9.59 Å². The van der Waals surface area contributed by atoms with Crippen molar-refractivity contribution in [3.8, 4) is 5.75 Å². The number of thioether (sulfide) groups is 1. The lowest BCUT2D eigenvalue weighted by Crippen LogP contribution is -2.31. The maximum Gasteiger partial charge on any atom is 0.247 e. The Kier molecular flexibility index (Phi) is 5.75. The second-order valence-electron chi connectivity index (χ2n) is 5.71. The lowest BCUT2D eigenvalue weighted by molar-refractivity contribution is -0.121. The molecule has 1 atom stereocenters. The molecule has 2 amide bonds. The summed E-state index contributed by atoms with van der Waals surface area (Å²) in [6.07, 6.45) is 0.0491. The number of carbonyl (C=O) groups excluding carboxylic acids is 2. The fraction of sp³-hybridized carbons (Fsp3) is 0.211. The zero-order valence-electron chi connectivity index (χ0n) is 14.8. The Balaban J connectivity index is 1.74. The van der Waals surface area contributed by atoms with E-state index in [0.717, 1.165) is 4.90 Å². The van der Waals surface area contributed by atoms with Crippen molar-refractivity contribution in [1.29, 1.82) is 0 Å². The van der Waals surface area contributed by atoms with Crippen LogP contribution in [0.15, 0.2) is 53.5 Å². The van der Waals surface area contributed by atoms with Gasteiger partial charge in [-0.2, -0.15) is 0 Å². The Morgan fingerprint density at radius 1 is 1.22 bits per heavy atom. The van der Waals surface area contributed by atoms with Crippen molar-refractivity contribution in [3.05, 3.63) is 54.3 Å². The number of nitrogens with one attached hydrogen (secondary N) is 1. The number of nitrogens with zero attached hydrogens (tertiary/aromatic N) is 2. The van der Waals surface area contributed by atoms with Crippen LogP contribution in [0.5, 0.6) is 5.75 Å². The van der Waals surface area contributed by atoms with Crippen molar-refractivity contribution < 1.29 is 18.7 Å². The number of ether oxygens (including phenoxy) is 1. The van der Waals surface area contributed by atoms with Gasteiger partial charge < -0.3 is 10.1 Å². The minimum Gasteiger partial charge on any atom is -0.495 e. The average molecular weight is 387 g/mol. The monoisotopic (exact) mass is 387 g/mol. The Bertz CT molecular complexity index is 886. The molecule has 0 radical (unpaired) electrons. The summed E-state index contributed by atoms with van der Waals surface area (Å²) < 4.78 is 18.4. The summed E-state index contributed by atoms with van der Waals surface area (Å²) in [6, 6.07) is 12.6. The number of halogens is 1. The molecule has 0 aliphatic carbocycles. The number of hydrogen-bond acceptors (Lipinski definition) is 5. The first-order chi connectivity index (χ1) is 13.0. The van der Waals surface area contributed by atoms with Gasteiger partial charge in [0.05, 0.1) is 18.5 Å². The highest BCUT2D eigenvalue weighted by molar-refractivity contribution is 8.15. The standard InChI is InChI=1S/C19H18FN3O3S/c1-21-19(22-14-5-3-4-6-15(14)26-2)27-16-11-17(24)23(18(16)25)13-9-7-12(20)8-10-13/h3-10,16H,11H2,1-2H3,(H,21,22)/t16-/m0/s1. The first-order valence-corrected chi connectivity index (χ1v) is 9.07. The van der Waals surface area contributed by atoms with Gasteiger partial charge in [-0.15, -0.1) is 0 Å². The molecule has 1 heterocycles.